The van der Waals surface area contributed by atoms with E-state index in [2.05, 4.69) is 37.4 Å². The van der Waals surface area contributed by atoms with E-state index < -0.39 is 10.0 Å². The highest BCUT2D eigenvalue weighted by molar-refractivity contribution is 7.89. The highest BCUT2D eigenvalue weighted by Gasteiger charge is 2.07. The van der Waals surface area contributed by atoms with Gasteiger partial charge in [-0.05, 0) is 38.1 Å². The van der Waals surface area contributed by atoms with Crippen molar-refractivity contribution in [2.75, 3.05) is 39.0 Å². The first-order chi connectivity index (χ1) is 11.0. The van der Waals surface area contributed by atoms with E-state index in [0.29, 0.717) is 19.5 Å². The molecule has 1 heterocycles. The van der Waals surface area contributed by atoms with Gasteiger partial charge in [-0.15, -0.1) is 11.3 Å². The lowest BCUT2D eigenvalue weighted by Crippen LogP contribution is -2.40. The summed E-state index contributed by atoms with van der Waals surface area (Å²) in [5.74, 6) is 0.979. The maximum atomic E-state index is 11.3. The first-order valence-electron chi connectivity index (χ1n) is 7.97. The average Bonchev–Trinajstić information content (AvgIpc) is 3.04. The molecule has 1 aromatic rings. The molecule has 0 fully saturated rings. The fraction of sp³-hybridized carbons (Fsp3) is 0.667. The first-order valence-corrected chi connectivity index (χ1v) is 10.5. The van der Waals surface area contributed by atoms with Gasteiger partial charge in [-0.3, -0.25) is 4.99 Å². The SMILES string of the molecule is CCNC(=NCCCNS(=O)(=O)CC)N(C)CCc1cccs1. The first kappa shape index (κ1) is 19.9. The molecule has 8 heteroatoms. The molecule has 0 unspecified atom stereocenters. The van der Waals surface area contributed by atoms with Crippen molar-refractivity contribution in [2.45, 2.75) is 26.7 Å². The second-order valence-electron chi connectivity index (χ2n) is 5.14. The van der Waals surface area contributed by atoms with Crippen molar-refractivity contribution in [2.24, 2.45) is 4.99 Å². The summed E-state index contributed by atoms with van der Waals surface area (Å²) in [6.45, 7) is 6.40. The third kappa shape index (κ3) is 8.34. The number of rotatable bonds is 10. The van der Waals surface area contributed by atoms with Gasteiger partial charge in [-0.1, -0.05) is 6.07 Å². The van der Waals surface area contributed by atoms with E-state index in [-0.39, 0.29) is 5.75 Å². The van der Waals surface area contributed by atoms with E-state index in [0.717, 1.165) is 25.5 Å². The number of sulfonamides is 1. The van der Waals surface area contributed by atoms with Crippen molar-refractivity contribution in [1.29, 1.82) is 0 Å². The monoisotopic (exact) mass is 360 g/mol. The number of aliphatic imine (C=N–C) groups is 1. The lowest BCUT2D eigenvalue weighted by Gasteiger charge is -2.21. The number of hydrogen-bond donors (Lipinski definition) is 2. The Morgan fingerprint density at radius 3 is 2.78 bits per heavy atom. The third-order valence-electron chi connectivity index (χ3n) is 3.27. The van der Waals surface area contributed by atoms with Gasteiger partial charge in [0.15, 0.2) is 5.96 Å². The molecule has 132 valence electrons. The van der Waals surface area contributed by atoms with Crippen LogP contribution in [0.1, 0.15) is 25.1 Å². The summed E-state index contributed by atoms with van der Waals surface area (Å²) in [4.78, 5) is 8.03. The Morgan fingerprint density at radius 2 is 2.17 bits per heavy atom. The zero-order valence-corrected chi connectivity index (χ0v) is 15.8. The number of nitrogens with zero attached hydrogens (tertiary/aromatic N) is 2. The molecule has 0 aromatic carbocycles. The molecule has 0 bridgehead atoms. The molecule has 0 spiro atoms. The lowest BCUT2D eigenvalue weighted by molar-refractivity contribution is 0.486. The Bertz CT molecular complexity index is 556. The largest absolute Gasteiger partial charge is 0.357 e. The zero-order chi connectivity index (χ0) is 17.1. The van der Waals surface area contributed by atoms with E-state index in [1.807, 2.05) is 14.0 Å². The van der Waals surface area contributed by atoms with E-state index in [1.54, 1.807) is 18.3 Å². The summed E-state index contributed by atoms with van der Waals surface area (Å²) >= 11 is 1.77. The van der Waals surface area contributed by atoms with E-state index in [4.69, 9.17) is 0 Å². The van der Waals surface area contributed by atoms with Crippen molar-refractivity contribution < 1.29 is 8.42 Å². The van der Waals surface area contributed by atoms with Gasteiger partial charge < -0.3 is 10.2 Å². The maximum absolute atomic E-state index is 11.3. The molecule has 1 rings (SSSR count). The molecule has 0 aliphatic carbocycles. The molecule has 2 N–H and O–H groups in total. The predicted molar refractivity (Wildman–Crippen MR) is 98.7 cm³/mol. The standard InChI is InChI=1S/C15H28N4O2S2/c1-4-16-15(17-10-7-11-18-23(20,21)5-2)19(3)12-9-14-8-6-13-22-14/h6,8,13,18H,4-5,7,9-12H2,1-3H3,(H,16,17). The molecule has 0 aliphatic rings. The molecule has 1 aromatic heterocycles. The predicted octanol–water partition coefficient (Wildman–Crippen LogP) is 1.52. The van der Waals surface area contributed by atoms with Crippen LogP contribution in [0.25, 0.3) is 0 Å². The highest BCUT2D eigenvalue weighted by atomic mass is 32.2. The quantitative estimate of drug-likeness (QED) is 0.377. The van der Waals surface area contributed by atoms with Crippen LogP contribution in [0.4, 0.5) is 0 Å². The molecule has 23 heavy (non-hydrogen) atoms. The van der Waals surface area contributed by atoms with Crippen LogP contribution in [0.2, 0.25) is 0 Å². The third-order valence-corrected chi connectivity index (χ3v) is 5.61. The average molecular weight is 361 g/mol. The van der Waals surface area contributed by atoms with Crippen LogP contribution in [0.3, 0.4) is 0 Å². The number of hydrogen-bond acceptors (Lipinski definition) is 4. The van der Waals surface area contributed by atoms with Crippen LogP contribution < -0.4 is 10.0 Å². The summed E-state index contributed by atoms with van der Waals surface area (Å²) in [6.07, 6.45) is 1.68. The fourth-order valence-electron chi connectivity index (χ4n) is 1.90. The van der Waals surface area contributed by atoms with Crippen LogP contribution in [-0.2, 0) is 16.4 Å². The molecular formula is C15H28N4O2S2. The molecule has 0 amide bonds. The molecule has 6 nitrogen and oxygen atoms in total. The molecule has 0 saturated carbocycles. The normalized spacial score (nSPS) is 12.4. The number of nitrogens with one attached hydrogen (secondary N) is 2. The van der Waals surface area contributed by atoms with Crippen molar-refractivity contribution in [3.05, 3.63) is 22.4 Å². The smallest absolute Gasteiger partial charge is 0.211 e. The molecule has 0 atom stereocenters. The van der Waals surface area contributed by atoms with Gasteiger partial charge in [0, 0.05) is 38.1 Å². The van der Waals surface area contributed by atoms with Crippen molar-refractivity contribution in [3.8, 4) is 0 Å². The van der Waals surface area contributed by atoms with E-state index in [1.165, 1.54) is 4.88 Å². The fourth-order valence-corrected chi connectivity index (χ4v) is 3.26. The minimum absolute atomic E-state index is 0.115. The van der Waals surface area contributed by atoms with Gasteiger partial charge in [-0.2, -0.15) is 0 Å². The Balaban J connectivity index is 2.39. The van der Waals surface area contributed by atoms with E-state index >= 15 is 0 Å². The molecule has 0 saturated heterocycles. The Morgan fingerprint density at radius 1 is 1.39 bits per heavy atom. The maximum Gasteiger partial charge on any atom is 0.211 e. The number of likely N-dealkylation sites (N-methyl/N-ethyl adjacent to an activating group) is 1. The van der Waals surface area contributed by atoms with E-state index in [9.17, 15) is 8.42 Å². The molecule has 0 aliphatic heterocycles. The second kappa shape index (κ2) is 10.6. The van der Waals surface area contributed by atoms with Crippen LogP contribution in [0.15, 0.2) is 22.5 Å². The van der Waals surface area contributed by atoms with Crippen molar-refractivity contribution in [1.82, 2.24) is 14.9 Å². The number of thiophene rings is 1. The summed E-state index contributed by atoms with van der Waals surface area (Å²) in [5.41, 5.74) is 0. The van der Waals surface area contributed by atoms with Gasteiger partial charge in [0.1, 0.15) is 0 Å². The summed E-state index contributed by atoms with van der Waals surface area (Å²) in [6, 6.07) is 4.21. The van der Waals surface area contributed by atoms with Crippen LogP contribution in [0, 0.1) is 0 Å². The topological polar surface area (TPSA) is 73.8 Å². The minimum Gasteiger partial charge on any atom is -0.357 e. The van der Waals surface area contributed by atoms with Crippen LogP contribution in [0.5, 0.6) is 0 Å². The van der Waals surface area contributed by atoms with Crippen molar-refractivity contribution in [3.63, 3.8) is 0 Å². The molecule has 0 radical (unpaired) electrons. The summed E-state index contributed by atoms with van der Waals surface area (Å²) in [7, 11) is -1.08. The van der Waals surface area contributed by atoms with Gasteiger partial charge in [0.2, 0.25) is 10.0 Å². The highest BCUT2D eigenvalue weighted by Crippen LogP contribution is 2.09. The van der Waals surface area contributed by atoms with Gasteiger partial charge in [-0.25, -0.2) is 13.1 Å². The van der Waals surface area contributed by atoms with Crippen LogP contribution in [-0.4, -0.2) is 58.3 Å². The second-order valence-corrected chi connectivity index (χ2v) is 8.27. The summed E-state index contributed by atoms with van der Waals surface area (Å²) in [5, 5.41) is 5.36. The Kier molecular flexibility index (Phi) is 9.20. The number of guanidine groups is 1. The Hall–Kier alpha value is -1.12. The lowest BCUT2D eigenvalue weighted by atomic mass is 10.3. The van der Waals surface area contributed by atoms with Crippen molar-refractivity contribution >= 4 is 27.3 Å². The molecular weight excluding hydrogens is 332 g/mol. The minimum atomic E-state index is -3.10. The van der Waals surface area contributed by atoms with Gasteiger partial charge in [0.05, 0.1) is 5.75 Å². The van der Waals surface area contributed by atoms with Gasteiger partial charge in [0.25, 0.3) is 0 Å². The Labute approximate surface area is 144 Å². The van der Waals surface area contributed by atoms with Gasteiger partial charge >= 0.3 is 0 Å². The zero-order valence-electron chi connectivity index (χ0n) is 14.2. The van der Waals surface area contributed by atoms with Crippen LogP contribution >= 0.6 is 11.3 Å². The summed E-state index contributed by atoms with van der Waals surface area (Å²) < 4.78 is 25.2.